The lowest BCUT2D eigenvalue weighted by Gasteiger charge is -2.06. The molecule has 0 bridgehead atoms. The Morgan fingerprint density at radius 3 is 2.76 bits per heavy atom. The van der Waals surface area contributed by atoms with Crippen LogP contribution in [0.3, 0.4) is 0 Å². The van der Waals surface area contributed by atoms with Gasteiger partial charge in [-0.15, -0.1) is 0 Å². The third kappa shape index (κ3) is 3.50. The predicted molar refractivity (Wildman–Crippen MR) is 74.8 cm³/mol. The monoisotopic (exact) mass is 290 g/mol. The van der Waals surface area contributed by atoms with E-state index in [2.05, 4.69) is 15.6 Å². The number of halogens is 1. The second-order valence-corrected chi connectivity index (χ2v) is 4.07. The van der Waals surface area contributed by atoms with Crippen molar-refractivity contribution in [2.24, 2.45) is 0 Å². The molecule has 0 radical (unpaired) electrons. The highest BCUT2D eigenvalue weighted by Gasteiger charge is 2.13. The summed E-state index contributed by atoms with van der Waals surface area (Å²) >= 11 is 0. The minimum atomic E-state index is -0.809. The molecule has 0 fully saturated rings. The normalized spacial score (nSPS) is 10.0. The molecule has 0 aliphatic heterocycles. The average Bonchev–Trinajstić information content (AvgIpc) is 2.46. The summed E-state index contributed by atoms with van der Waals surface area (Å²) < 4.78 is 13.3. The third-order valence-corrected chi connectivity index (χ3v) is 2.59. The number of non-ortho nitro benzene ring substituents is 1. The van der Waals surface area contributed by atoms with E-state index in [0.717, 1.165) is 18.2 Å². The molecule has 21 heavy (non-hydrogen) atoms. The first kappa shape index (κ1) is 14.4. The van der Waals surface area contributed by atoms with Crippen LogP contribution in [0.15, 0.2) is 36.4 Å². The predicted octanol–water partition coefficient (Wildman–Crippen LogP) is 2.42. The lowest BCUT2D eigenvalue weighted by molar-refractivity contribution is -0.385. The highest BCUT2D eigenvalue weighted by Crippen LogP contribution is 2.20. The first-order valence-electron chi connectivity index (χ1n) is 5.91. The summed E-state index contributed by atoms with van der Waals surface area (Å²) in [5, 5.41) is 15.8. The Morgan fingerprint density at radius 2 is 2.10 bits per heavy atom. The van der Waals surface area contributed by atoms with Gasteiger partial charge in [-0.25, -0.2) is 9.37 Å². The lowest BCUT2D eigenvalue weighted by Crippen LogP contribution is -2.14. The molecular weight excluding hydrogens is 279 g/mol. The van der Waals surface area contributed by atoms with E-state index in [0.29, 0.717) is 5.82 Å². The fourth-order valence-corrected chi connectivity index (χ4v) is 1.65. The molecule has 0 aliphatic rings. The van der Waals surface area contributed by atoms with Crippen molar-refractivity contribution in [3.8, 4) is 0 Å². The van der Waals surface area contributed by atoms with Gasteiger partial charge in [0.15, 0.2) is 0 Å². The van der Waals surface area contributed by atoms with Crippen molar-refractivity contribution in [1.29, 1.82) is 0 Å². The molecule has 0 aliphatic carbocycles. The fraction of sp³-hybridized carbons (Fsp3) is 0.0769. The molecule has 0 atom stereocenters. The maximum absolute atomic E-state index is 13.3. The van der Waals surface area contributed by atoms with Gasteiger partial charge < -0.3 is 10.6 Å². The van der Waals surface area contributed by atoms with Crippen LogP contribution in [0.4, 0.5) is 21.6 Å². The Bertz CT molecular complexity index is 706. The van der Waals surface area contributed by atoms with Crippen molar-refractivity contribution in [1.82, 2.24) is 4.98 Å². The number of carbonyl (C=O) groups excluding carboxylic acids is 1. The van der Waals surface area contributed by atoms with Crippen molar-refractivity contribution in [3.63, 3.8) is 0 Å². The Morgan fingerprint density at radius 1 is 1.33 bits per heavy atom. The van der Waals surface area contributed by atoms with Gasteiger partial charge in [0.2, 0.25) is 0 Å². The van der Waals surface area contributed by atoms with Gasteiger partial charge in [-0.3, -0.25) is 14.9 Å². The molecule has 1 aromatic carbocycles. The molecule has 7 nitrogen and oxygen atoms in total. The Labute approximate surface area is 119 Å². The zero-order valence-corrected chi connectivity index (χ0v) is 11.0. The fourth-order valence-electron chi connectivity index (χ4n) is 1.65. The molecule has 2 aromatic rings. The van der Waals surface area contributed by atoms with E-state index in [-0.39, 0.29) is 11.4 Å². The number of rotatable bonds is 4. The third-order valence-electron chi connectivity index (χ3n) is 2.59. The van der Waals surface area contributed by atoms with Crippen LogP contribution in [0.5, 0.6) is 0 Å². The molecule has 0 saturated carbocycles. The Balaban J connectivity index is 2.24. The van der Waals surface area contributed by atoms with Crippen molar-refractivity contribution < 1.29 is 14.1 Å². The standard InChI is InChI=1S/C13H11FN4O3/c1-15-12-4-2-3-11(17-12)13(19)16-9-5-8(14)6-10(7-9)18(20)21/h2-7H,1H3,(H,15,17)(H,16,19). The summed E-state index contributed by atoms with van der Waals surface area (Å²) in [6, 6.07) is 7.61. The van der Waals surface area contributed by atoms with E-state index in [1.807, 2.05) is 0 Å². The van der Waals surface area contributed by atoms with E-state index < -0.39 is 22.3 Å². The summed E-state index contributed by atoms with van der Waals surface area (Å²) in [7, 11) is 1.65. The van der Waals surface area contributed by atoms with Gasteiger partial charge in [0, 0.05) is 13.1 Å². The number of anilines is 2. The van der Waals surface area contributed by atoms with Crippen LogP contribution in [0.2, 0.25) is 0 Å². The van der Waals surface area contributed by atoms with E-state index in [9.17, 15) is 19.3 Å². The Hall–Kier alpha value is -3.03. The number of nitrogens with one attached hydrogen (secondary N) is 2. The van der Waals surface area contributed by atoms with Crippen LogP contribution in [-0.4, -0.2) is 22.9 Å². The van der Waals surface area contributed by atoms with Gasteiger partial charge >= 0.3 is 0 Å². The van der Waals surface area contributed by atoms with Crippen LogP contribution in [-0.2, 0) is 0 Å². The van der Waals surface area contributed by atoms with Crippen LogP contribution >= 0.6 is 0 Å². The van der Waals surface area contributed by atoms with Gasteiger partial charge in [0.1, 0.15) is 17.3 Å². The van der Waals surface area contributed by atoms with Gasteiger partial charge in [-0.05, 0) is 18.2 Å². The van der Waals surface area contributed by atoms with Gasteiger partial charge in [0.25, 0.3) is 11.6 Å². The molecule has 8 heteroatoms. The number of nitro groups is 1. The number of hydrogen-bond acceptors (Lipinski definition) is 5. The van der Waals surface area contributed by atoms with E-state index in [4.69, 9.17) is 0 Å². The summed E-state index contributed by atoms with van der Waals surface area (Å²) in [6.07, 6.45) is 0. The second-order valence-electron chi connectivity index (χ2n) is 4.07. The molecule has 0 spiro atoms. The smallest absolute Gasteiger partial charge is 0.274 e. The summed E-state index contributed by atoms with van der Waals surface area (Å²) in [5.74, 6) is -0.906. The molecular formula is C13H11FN4O3. The van der Waals surface area contributed by atoms with Crippen molar-refractivity contribution >= 4 is 23.1 Å². The Kier molecular flexibility index (Phi) is 4.07. The number of aromatic nitrogens is 1. The van der Waals surface area contributed by atoms with Gasteiger partial charge in [0.05, 0.1) is 16.7 Å². The van der Waals surface area contributed by atoms with Crippen molar-refractivity contribution in [3.05, 3.63) is 58.0 Å². The summed E-state index contributed by atoms with van der Waals surface area (Å²) in [5.41, 5.74) is -0.348. The number of benzene rings is 1. The molecule has 108 valence electrons. The molecule has 2 N–H and O–H groups in total. The summed E-state index contributed by atoms with van der Waals surface area (Å²) in [6.45, 7) is 0. The minimum Gasteiger partial charge on any atom is -0.373 e. The van der Waals surface area contributed by atoms with E-state index in [1.54, 1.807) is 19.2 Å². The van der Waals surface area contributed by atoms with Crippen LogP contribution in [0, 0.1) is 15.9 Å². The first-order chi connectivity index (χ1) is 9.99. The highest BCUT2D eigenvalue weighted by atomic mass is 19.1. The maximum atomic E-state index is 13.3. The number of nitrogens with zero attached hydrogens (tertiary/aromatic N) is 2. The second kappa shape index (κ2) is 5.95. The van der Waals surface area contributed by atoms with Gasteiger partial charge in [-0.2, -0.15) is 0 Å². The number of hydrogen-bond donors (Lipinski definition) is 2. The molecule has 1 heterocycles. The van der Waals surface area contributed by atoms with Crippen LogP contribution < -0.4 is 10.6 Å². The molecule has 2 rings (SSSR count). The van der Waals surface area contributed by atoms with Crippen LogP contribution in [0.1, 0.15) is 10.5 Å². The zero-order valence-electron chi connectivity index (χ0n) is 11.0. The highest BCUT2D eigenvalue weighted by molar-refractivity contribution is 6.03. The molecule has 0 saturated heterocycles. The van der Waals surface area contributed by atoms with Crippen LogP contribution in [0.25, 0.3) is 0 Å². The summed E-state index contributed by atoms with van der Waals surface area (Å²) in [4.78, 5) is 25.9. The maximum Gasteiger partial charge on any atom is 0.274 e. The van der Waals surface area contributed by atoms with E-state index >= 15 is 0 Å². The van der Waals surface area contributed by atoms with Crippen molar-refractivity contribution in [2.45, 2.75) is 0 Å². The number of amides is 1. The largest absolute Gasteiger partial charge is 0.373 e. The van der Waals surface area contributed by atoms with Crippen molar-refractivity contribution in [2.75, 3.05) is 17.7 Å². The lowest BCUT2D eigenvalue weighted by atomic mass is 10.2. The minimum absolute atomic E-state index is 0.0108. The molecule has 1 amide bonds. The molecule has 0 unspecified atom stereocenters. The SMILES string of the molecule is CNc1cccc(C(=O)Nc2cc(F)cc([N+](=O)[O-])c2)n1. The van der Waals surface area contributed by atoms with E-state index in [1.165, 1.54) is 6.07 Å². The zero-order chi connectivity index (χ0) is 15.4. The number of nitro benzene ring substituents is 1. The quantitative estimate of drug-likeness (QED) is 0.665. The average molecular weight is 290 g/mol. The van der Waals surface area contributed by atoms with Gasteiger partial charge in [-0.1, -0.05) is 6.07 Å². The number of carbonyl (C=O) groups is 1. The number of pyridine rings is 1. The topological polar surface area (TPSA) is 97.2 Å². The molecule has 1 aromatic heterocycles. The first-order valence-corrected chi connectivity index (χ1v) is 5.91.